The maximum Gasteiger partial charge on any atom is 0.303 e. The van der Waals surface area contributed by atoms with Crippen LogP contribution >= 0.6 is 0 Å². The number of carbonyl (C=O) groups is 1. The third kappa shape index (κ3) is 8.19. The fourth-order valence-corrected chi connectivity index (χ4v) is 3.89. The van der Waals surface area contributed by atoms with E-state index in [2.05, 4.69) is 13.8 Å². The Morgan fingerprint density at radius 2 is 1.85 bits per heavy atom. The zero-order valence-electron chi connectivity index (χ0n) is 16.4. The standard InChI is InChI=1S/C21H38O5/c1-3-4-9-15(2)18(22)13-12-16-14-19(23)21(26)17(16)10-7-5-6-8-11-20(24)25/h12-13,15-19,21-23,26H,3-11,14H2,1-2H3,(H,24,25)/b13-12+. The number of rotatable bonds is 13. The van der Waals surface area contributed by atoms with Crippen molar-refractivity contribution >= 4 is 5.97 Å². The van der Waals surface area contributed by atoms with Crippen LogP contribution in [-0.2, 0) is 4.79 Å². The van der Waals surface area contributed by atoms with Crippen LogP contribution < -0.4 is 0 Å². The third-order valence-electron chi connectivity index (χ3n) is 5.73. The summed E-state index contributed by atoms with van der Waals surface area (Å²) in [6.45, 7) is 4.19. The molecule has 152 valence electrons. The minimum Gasteiger partial charge on any atom is -0.481 e. The number of carboxylic acids is 1. The average Bonchev–Trinajstić information content (AvgIpc) is 2.87. The van der Waals surface area contributed by atoms with E-state index in [9.17, 15) is 20.1 Å². The van der Waals surface area contributed by atoms with Crippen LogP contribution in [-0.4, -0.2) is 44.7 Å². The van der Waals surface area contributed by atoms with E-state index in [-0.39, 0.29) is 24.2 Å². The van der Waals surface area contributed by atoms with Gasteiger partial charge < -0.3 is 20.4 Å². The Morgan fingerprint density at radius 1 is 1.15 bits per heavy atom. The summed E-state index contributed by atoms with van der Waals surface area (Å²) in [6, 6.07) is 0. The van der Waals surface area contributed by atoms with E-state index in [0.717, 1.165) is 44.9 Å². The Labute approximate surface area is 158 Å². The van der Waals surface area contributed by atoms with Gasteiger partial charge in [0, 0.05) is 6.42 Å². The molecule has 0 spiro atoms. The SMILES string of the molecule is CCCCC(C)C(O)/C=C/C1CC(O)C(O)C1CCCCCCC(=O)O. The van der Waals surface area contributed by atoms with Gasteiger partial charge in [-0.05, 0) is 43.4 Å². The van der Waals surface area contributed by atoms with Gasteiger partial charge in [0.05, 0.1) is 18.3 Å². The Balaban J connectivity index is 2.44. The van der Waals surface area contributed by atoms with Crippen LogP contribution in [0, 0.1) is 17.8 Å². The van der Waals surface area contributed by atoms with Crippen molar-refractivity contribution in [1.29, 1.82) is 0 Å². The summed E-state index contributed by atoms with van der Waals surface area (Å²) in [5.41, 5.74) is 0. The highest BCUT2D eigenvalue weighted by Crippen LogP contribution is 2.37. The smallest absolute Gasteiger partial charge is 0.303 e. The monoisotopic (exact) mass is 370 g/mol. The molecule has 6 atom stereocenters. The molecule has 1 fully saturated rings. The highest BCUT2D eigenvalue weighted by molar-refractivity contribution is 5.66. The zero-order chi connectivity index (χ0) is 19.5. The number of aliphatic carboxylic acids is 1. The molecule has 1 saturated carbocycles. The van der Waals surface area contributed by atoms with E-state index in [1.165, 1.54) is 0 Å². The molecule has 5 nitrogen and oxygen atoms in total. The molecule has 0 aromatic rings. The maximum absolute atomic E-state index is 10.5. The molecular formula is C21H38O5. The van der Waals surface area contributed by atoms with E-state index >= 15 is 0 Å². The molecule has 0 radical (unpaired) electrons. The molecule has 0 saturated heterocycles. The summed E-state index contributed by atoms with van der Waals surface area (Å²) in [4.78, 5) is 10.5. The van der Waals surface area contributed by atoms with Crippen molar-refractivity contribution in [2.75, 3.05) is 0 Å². The summed E-state index contributed by atoms with van der Waals surface area (Å²) in [5, 5.41) is 39.2. The molecule has 1 aliphatic rings. The molecular weight excluding hydrogens is 332 g/mol. The molecule has 1 aliphatic carbocycles. The van der Waals surface area contributed by atoms with Crippen LogP contribution in [0.25, 0.3) is 0 Å². The predicted molar refractivity (Wildman–Crippen MR) is 103 cm³/mol. The second-order valence-electron chi connectivity index (χ2n) is 7.96. The van der Waals surface area contributed by atoms with Crippen LogP contribution in [0.4, 0.5) is 0 Å². The van der Waals surface area contributed by atoms with Gasteiger partial charge in [0.2, 0.25) is 0 Å². The third-order valence-corrected chi connectivity index (χ3v) is 5.73. The first-order valence-corrected chi connectivity index (χ1v) is 10.3. The summed E-state index contributed by atoms with van der Waals surface area (Å²) in [7, 11) is 0. The topological polar surface area (TPSA) is 98.0 Å². The predicted octanol–water partition coefficient (Wildman–Crippen LogP) is 3.51. The Hall–Kier alpha value is -0.910. The largest absolute Gasteiger partial charge is 0.481 e. The Morgan fingerprint density at radius 3 is 2.50 bits per heavy atom. The number of aliphatic hydroxyl groups excluding tert-OH is 3. The molecule has 1 rings (SSSR count). The second kappa shape index (κ2) is 12.5. The zero-order valence-corrected chi connectivity index (χ0v) is 16.4. The van der Waals surface area contributed by atoms with E-state index < -0.39 is 24.3 Å². The first-order chi connectivity index (χ1) is 12.4. The van der Waals surface area contributed by atoms with E-state index in [1.807, 2.05) is 12.2 Å². The minimum absolute atomic E-state index is 0.0128. The van der Waals surface area contributed by atoms with Crippen molar-refractivity contribution in [3.63, 3.8) is 0 Å². The molecule has 0 heterocycles. The first-order valence-electron chi connectivity index (χ1n) is 10.3. The highest BCUT2D eigenvalue weighted by atomic mass is 16.4. The number of hydrogen-bond acceptors (Lipinski definition) is 4. The molecule has 4 N–H and O–H groups in total. The van der Waals surface area contributed by atoms with Gasteiger partial charge >= 0.3 is 5.97 Å². The molecule has 26 heavy (non-hydrogen) atoms. The number of unbranched alkanes of at least 4 members (excludes halogenated alkanes) is 4. The van der Waals surface area contributed by atoms with Crippen molar-refractivity contribution in [2.24, 2.45) is 17.8 Å². The van der Waals surface area contributed by atoms with Gasteiger partial charge in [-0.15, -0.1) is 0 Å². The van der Waals surface area contributed by atoms with Crippen LogP contribution in [0.5, 0.6) is 0 Å². The molecule has 0 aromatic heterocycles. The summed E-state index contributed by atoms with van der Waals surface area (Å²) >= 11 is 0. The van der Waals surface area contributed by atoms with Gasteiger partial charge in [-0.1, -0.05) is 58.1 Å². The van der Waals surface area contributed by atoms with E-state index in [4.69, 9.17) is 5.11 Å². The van der Waals surface area contributed by atoms with Crippen molar-refractivity contribution in [3.05, 3.63) is 12.2 Å². The molecule has 5 heteroatoms. The number of carboxylic acid groups (broad SMARTS) is 1. The molecule has 0 aliphatic heterocycles. The van der Waals surface area contributed by atoms with Gasteiger partial charge in [0.1, 0.15) is 0 Å². The Bertz CT molecular complexity index is 423. The number of hydrogen-bond donors (Lipinski definition) is 4. The van der Waals surface area contributed by atoms with Crippen LogP contribution in [0.1, 0.15) is 78.1 Å². The van der Waals surface area contributed by atoms with Gasteiger partial charge in [0.25, 0.3) is 0 Å². The van der Waals surface area contributed by atoms with Crippen molar-refractivity contribution in [3.8, 4) is 0 Å². The van der Waals surface area contributed by atoms with Gasteiger partial charge in [-0.25, -0.2) is 0 Å². The molecule has 0 aromatic carbocycles. The summed E-state index contributed by atoms with van der Waals surface area (Å²) in [5.74, 6) is -0.433. The lowest BCUT2D eigenvalue weighted by molar-refractivity contribution is -0.137. The average molecular weight is 371 g/mol. The number of aliphatic hydroxyl groups is 3. The second-order valence-corrected chi connectivity index (χ2v) is 7.96. The molecule has 6 unspecified atom stereocenters. The quantitative estimate of drug-likeness (QED) is 0.294. The van der Waals surface area contributed by atoms with E-state index in [0.29, 0.717) is 12.8 Å². The summed E-state index contributed by atoms with van der Waals surface area (Å²) in [6.07, 6.45) is 10.2. The van der Waals surface area contributed by atoms with Crippen molar-refractivity contribution < 1.29 is 25.2 Å². The first kappa shape index (κ1) is 23.1. The number of allylic oxidation sites excluding steroid dienone is 1. The van der Waals surface area contributed by atoms with Crippen LogP contribution in [0.2, 0.25) is 0 Å². The van der Waals surface area contributed by atoms with Crippen molar-refractivity contribution in [1.82, 2.24) is 0 Å². The lowest BCUT2D eigenvalue weighted by Crippen LogP contribution is -2.26. The normalized spacial score (nSPS) is 28.5. The van der Waals surface area contributed by atoms with Gasteiger partial charge in [-0.2, -0.15) is 0 Å². The lowest BCUT2D eigenvalue weighted by atomic mass is 9.88. The van der Waals surface area contributed by atoms with E-state index in [1.54, 1.807) is 0 Å². The minimum atomic E-state index is -0.753. The fraction of sp³-hybridized carbons (Fsp3) is 0.857. The van der Waals surface area contributed by atoms with Crippen LogP contribution in [0.3, 0.4) is 0 Å². The maximum atomic E-state index is 10.5. The van der Waals surface area contributed by atoms with Crippen LogP contribution in [0.15, 0.2) is 12.2 Å². The molecule has 0 amide bonds. The van der Waals surface area contributed by atoms with Crippen molar-refractivity contribution in [2.45, 2.75) is 96.4 Å². The molecule has 0 bridgehead atoms. The summed E-state index contributed by atoms with van der Waals surface area (Å²) < 4.78 is 0. The van der Waals surface area contributed by atoms with Gasteiger partial charge in [-0.3, -0.25) is 4.79 Å². The lowest BCUT2D eigenvalue weighted by Gasteiger charge is -2.21. The fourth-order valence-electron chi connectivity index (χ4n) is 3.89. The Kier molecular flexibility index (Phi) is 11.1. The highest BCUT2D eigenvalue weighted by Gasteiger charge is 2.39. The van der Waals surface area contributed by atoms with Gasteiger partial charge in [0.15, 0.2) is 0 Å².